The second-order valence-electron chi connectivity index (χ2n) is 4.76. The number of amides is 2. The van der Waals surface area contributed by atoms with E-state index in [0.29, 0.717) is 12.5 Å². The van der Waals surface area contributed by atoms with Crippen LogP contribution in [0, 0.1) is 5.92 Å². The molecule has 18 heavy (non-hydrogen) atoms. The molecular weight excluding hydrogens is 247 g/mol. The van der Waals surface area contributed by atoms with E-state index in [1.807, 2.05) is 0 Å². The number of hydrogen-bond acceptors (Lipinski definition) is 2. The molecule has 1 aliphatic heterocycles. The van der Waals surface area contributed by atoms with Crippen LogP contribution in [0.1, 0.15) is 19.3 Å². The average molecular weight is 267 g/mol. The summed E-state index contributed by atoms with van der Waals surface area (Å²) in [5.41, 5.74) is 0. The van der Waals surface area contributed by atoms with Crippen LogP contribution < -0.4 is 10.6 Å². The van der Waals surface area contributed by atoms with E-state index < -0.39 is 18.8 Å². The number of piperidine rings is 1. The minimum atomic E-state index is -4.36. The number of hydrogen-bond donors (Lipinski definition) is 2. The Hall–Kier alpha value is -0.980. The van der Waals surface area contributed by atoms with Crippen LogP contribution in [-0.4, -0.2) is 50.3 Å². The van der Waals surface area contributed by atoms with Crippen LogP contribution in [0.2, 0.25) is 0 Å². The number of halogens is 3. The molecule has 0 bridgehead atoms. The Balaban J connectivity index is 2.05. The van der Waals surface area contributed by atoms with Gasteiger partial charge in [0, 0.05) is 6.54 Å². The van der Waals surface area contributed by atoms with Gasteiger partial charge in [-0.25, -0.2) is 4.79 Å². The van der Waals surface area contributed by atoms with Crippen LogP contribution in [0.5, 0.6) is 0 Å². The van der Waals surface area contributed by atoms with Crippen molar-refractivity contribution in [3.8, 4) is 0 Å². The first-order valence-electron chi connectivity index (χ1n) is 6.14. The van der Waals surface area contributed by atoms with E-state index in [2.05, 4.69) is 17.3 Å². The fraction of sp³-hybridized carbons (Fsp3) is 0.909. The normalized spacial score (nSPS) is 18.7. The van der Waals surface area contributed by atoms with E-state index in [1.165, 1.54) is 0 Å². The minimum absolute atomic E-state index is 0.429. The highest BCUT2D eigenvalue weighted by atomic mass is 19.4. The van der Waals surface area contributed by atoms with Crippen molar-refractivity contribution >= 4 is 6.03 Å². The molecule has 0 spiro atoms. The van der Waals surface area contributed by atoms with Crippen molar-refractivity contribution in [3.63, 3.8) is 0 Å². The lowest BCUT2D eigenvalue weighted by Crippen LogP contribution is -2.41. The van der Waals surface area contributed by atoms with Crippen molar-refractivity contribution in [1.82, 2.24) is 15.5 Å². The highest BCUT2D eigenvalue weighted by Gasteiger charge is 2.27. The molecule has 1 aliphatic rings. The molecule has 4 nitrogen and oxygen atoms in total. The summed E-state index contributed by atoms with van der Waals surface area (Å²) < 4.78 is 35.5. The van der Waals surface area contributed by atoms with E-state index in [0.717, 1.165) is 32.4 Å². The van der Waals surface area contributed by atoms with Crippen LogP contribution in [-0.2, 0) is 0 Å². The highest BCUT2D eigenvalue weighted by Crippen LogP contribution is 2.18. The largest absolute Gasteiger partial charge is 0.405 e. The topological polar surface area (TPSA) is 44.4 Å². The van der Waals surface area contributed by atoms with Gasteiger partial charge in [-0.1, -0.05) is 0 Å². The van der Waals surface area contributed by atoms with E-state index >= 15 is 0 Å². The van der Waals surface area contributed by atoms with E-state index in [4.69, 9.17) is 0 Å². The lowest BCUT2D eigenvalue weighted by Gasteiger charge is -2.28. The third kappa shape index (κ3) is 6.68. The minimum Gasteiger partial charge on any atom is -0.338 e. The molecule has 2 N–H and O–H groups in total. The quantitative estimate of drug-likeness (QED) is 0.812. The molecule has 0 atom stereocenters. The second kappa shape index (κ2) is 6.82. The second-order valence-corrected chi connectivity index (χ2v) is 4.76. The van der Waals surface area contributed by atoms with Crippen LogP contribution in [0.25, 0.3) is 0 Å². The first-order valence-corrected chi connectivity index (χ1v) is 6.14. The number of alkyl halides is 3. The van der Waals surface area contributed by atoms with Gasteiger partial charge in [-0.2, -0.15) is 13.2 Å². The maximum atomic E-state index is 11.8. The molecular formula is C11H20F3N3O. The van der Waals surface area contributed by atoms with Gasteiger partial charge in [-0.15, -0.1) is 0 Å². The number of carbonyl (C=O) groups is 1. The number of likely N-dealkylation sites (tertiary alicyclic amines) is 1. The number of carbonyl (C=O) groups excluding carboxylic acids is 1. The van der Waals surface area contributed by atoms with Crippen molar-refractivity contribution in [2.75, 3.05) is 33.2 Å². The number of urea groups is 1. The summed E-state index contributed by atoms with van der Waals surface area (Å²) in [4.78, 5) is 13.3. The fourth-order valence-corrected chi connectivity index (χ4v) is 1.98. The monoisotopic (exact) mass is 267 g/mol. The molecule has 106 valence electrons. The Morgan fingerprint density at radius 2 is 1.89 bits per heavy atom. The molecule has 0 aliphatic carbocycles. The molecule has 0 aromatic carbocycles. The maximum absolute atomic E-state index is 11.8. The molecule has 2 amide bonds. The molecule has 1 fully saturated rings. The van der Waals surface area contributed by atoms with Crippen LogP contribution in [0.15, 0.2) is 0 Å². The van der Waals surface area contributed by atoms with Gasteiger partial charge in [0.2, 0.25) is 0 Å². The van der Waals surface area contributed by atoms with Crippen LogP contribution in [0.3, 0.4) is 0 Å². The van der Waals surface area contributed by atoms with E-state index in [1.54, 1.807) is 5.32 Å². The molecule has 0 aromatic heterocycles. The third-order valence-electron chi connectivity index (χ3n) is 3.13. The molecule has 1 heterocycles. The fourth-order valence-electron chi connectivity index (χ4n) is 1.98. The Morgan fingerprint density at radius 3 is 2.44 bits per heavy atom. The first kappa shape index (κ1) is 15.1. The molecule has 7 heteroatoms. The SMILES string of the molecule is CN1CCC(CCNC(=O)NCC(F)(F)F)CC1. The lowest BCUT2D eigenvalue weighted by molar-refractivity contribution is -0.122. The Morgan fingerprint density at radius 1 is 1.28 bits per heavy atom. The number of nitrogens with one attached hydrogen (secondary N) is 2. The van der Waals surface area contributed by atoms with Crippen molar-refractivity contribution in [3.05, 3.63) is 0 Å². The Labute approximate surface area is 105 Å². The van der Waals surface area contributed by atoms with Crippen molar-refractivity contribution in [2.45, 2.75) is 25.4 Å². The van der Waals surface area contributed by atoms with E-state index in [9.17, 15) is 18.0 Å². The third-order valence-corrected chi connectivity index (χ3v) is 3.13. The molecule has 0 saturated carbocycles. The van der Waals surface area contributed by atoms with Gasteiger partial charge in [0.15, 0.2) is 0 Å². The molecule has 0 unspecified atom stereocenters. The van der Waals surface area contributed by atoms with Gasteiger partial charge in [0.1, 0.15) is 6.54 Å². The van der Waals surface area contributed by atoms with Gasteiger partial charge >= 0.3 is 12.2 Å². The average Bonchev–Trinajstić information content (AvgIpc) is 2.28. The highest BCUT2D eigenvalue weighted by molar-refractivity contribution is 5.73. The van der Waals surface area contributed by atoms with Gasteiger partial charge in [-0.05, 0) is 45.3 Å². The summed E-state index contributed by atoms with van der Waals surface area (Å²) in [5.74, 6) is 0.559. The van der Waals surface area contributed by atoms with Crippen LogP contribution >= 0.6 is 0 Å². The Kier molecular flexibility index (Phi) is 5.71. The van der Waals surface area contributed by atoms with Gasteiger partial charge < -0.3 is 15.5 Å². The van der Waals surface area contributed by atoms with Crippen molar-refractivity contribution in [2.24, 2.45) is 5.92 Å². The zero-order valence-electron chi connectivity index (χ0n) is 10.5. The lowest BCUT2D eigenvalue weighted by atomic mass is 9.94. The zero-order valence-corrected chi connectivity index (χ0v) is 10.5. The first-order chi connectivity index (χ1) is 8.37. The predicted octanol–water partition coefficient (Wildman–Crippen LogP) is 1.58. The summed E-state index contributed by atoms with van der Waals surface area (Å²) >= 11 is 0. The maximum Gasteiger partial charge on any atom is 0.405 e. The number of rotatable bonds is 4. The Bertz CT molecular complexity index is 263. The van der Waals surface area contributed by atoms with E-state index in [-0.39, 0.29) is 0 Å². The molecule has 1 rings (SSSR count). The number of nitrogens with zero attached hydrogens (tertiary/aromatic N) is 1. The molecule has 0 radical (unpaired) electrons. The van der Waals surface area contributed by atoms with Gasteiger partial charge in [-0.3, -0.25) is 0 Å². The zero-order chi connectivity index (χ0) is 13.6. The molecule has 0 aromatic rings. The molecule has 1 saturated heterocycles. The van der Waals surface area contributed by atoms with Crippen molar-refractivity contribution < 1.29 is 18.0 Å². The summed E-state index contributed by atoms with van der Waals surface area (Å²) in [7, 11) is 2.07. The van der Waals surface area contributed by atoms with Crippen LogP contribution in [0.4, 0.5) is 18.0 Å². The summed E-state index contributed by atoms with van der Waals surface area (Å²) in [6.07, 6.45) is -1.36. The van der Waals surface area contributed by atoms with Crippen molar-refractivity contribution in [1.29, 1.82) is 0 Å². The summed E-state index contributed by atoms with van der Waals surface area (Å²) in [6.45, 7) is 1.24. The van der Waals surface area contributed by atoms with Gasteiger partial charge in [0.25, 0.3) is 0 Å². The smallest absolute Gasteiger partial charge is 0.338 e. The standard InChI is InChI=1S/C11H20F3N3O/c1-17-6-3-9(4-7-17)2-5-15-10(18)16-8-11(12,13)14/h9H,2-8H2,1H3,(H2,15,16,18). The summed E-state index contributed by atoms with van der Waals surface area (Å²) in [6, 6.07) is -0.750. The summed E-state index contributed by atoms with van der Waals surface area (Å²) in [5, 5.41) is 4.23. The predicted molar refractivity (Wildman–Crippen MR) is 62.3 cm³/mol. The van der Waals surface area contributed by atoms with Gasteiger partial charge in [0.05, 0.1) is 0 Å².